The summed E-state index contributed by atoms with van der Waals surface area (Å²) < 4.78 is 5.76. The first-order valence-electron chi connectivity index (χ1n) is 14.2. The van der Waals surface area contributed by atoms with Crippen molar-refractivity contribution in [1.29, 1.82) is 0 Å². The average Bonchev–Trinajstić information content (AvgIpc) is 3.10. The van der Waals surface area contributed by atoms with Gasteiger partial charge in [-0.3, -0.25) is 9.59 Å². The zero-order valence-corrected chi connectivity index (χ0v) is 23.7. The molecule has 0 aromatic carbocycles. The van der Waals surface area contributed by atoms with Gasteiger partial charge in [-0.05, 0) is 94.0 Å². The van der Waals surface area contributed by atoms with E-state index in [-0.39, 0.29) is 59.6 Å². The number of carbonyl (C=O) groups excluding carboxylic acids is 2. The van der Waals surface area contributed by atoms with Crippen molar-refractivity contribution in [1.82, 2.24) is 0 Å². The highest BCUT2D eigenvalue weighted by Gasteiger charge is 2.64. The van der Waals surface area contributed by atoms with Crippen molar-refractivity contribution in [2.24, 2.45) is 40.4 Å². The first-order valence-corrected chi connectivity index (χ1v) is 14.2. The van der Waals surface area contributed by atoms with Crippen LogP contribution in [0.3, 0.4) is 0 Å². The maximum absolute atomic E-state index is 12.5. The van der Waals surface area contributed by atoms with Gasteiger partial charge in [0.2, 0.25) is 0 Å². The van der Waals surface area contributed by atoms with E-state index in [1.807, 2.05) is 0 Å². The molecule has 7 nitrogen and oxygen atoms in total. The molecule has 4 rings (SSSR count). The number of ketones is 1. The molecule has 37 heavy (non-hydrogen) atoms. The Bertz CT molecular complexity index is 948. The van der Waals surface area contributed by atoms with Crippen molar-refractivity contribution >= 4 is 11.8 Å². The van der Waals surface area contributed by atoms with Gasteiger partial charge in [0.05, 0.1) is 23.4 Å². The second-order valence-corrected chi connectivity index (χ2v) is 14.0. The Labute approximate surface area is 221 Å². The van der Waals surface area contributed by atoms with Crippen LogP contribution in [-0.4, -0.2) is 61.7 Å². The van der Waals surface area contributed by atoms with E-state index in [9.17, 15) is 30.0 Å². The van der Waals surface area contributed by atoms with Crippen molar-refractivity contribution in [3.63, 3.8) is 0 Å². The monoisotopic (exact) mass is 520 g/mol. The molecular formula is C30H48O7. The zero-order valence-electron chi connectivity index (χ0n) is 23.7. The number of rotatable bonds is 6. The highest BCUT2D eigenvalue weighted by Crippen LogP contribution is 2.68. The summed E-state index contributed by atoms with van der Waals surface area (Å²) >= 11 is 0. The minimum atomic E-state index is -1.42. The lowest BCUT2D eigenvalue weighted by Gasteiger charge is -2.61. The van der Waals surface area contributed by atoms with Gasteiger partial charge in [-0.1, -0.05) is 26.3 Å². The summed E-state index contributed by atoms with van der Waals surface area (Å²) in [5.41, 5.74) is -2.39. The number of ether oxygens (including phenoxy) is 1. The maximum Gasteiger partial charge on any atom is 0.302 e. The average molecular weight is 521 g/mol. The smallest absolute Gasteiger partial charge is 0.302 e. The molecule has 4 aliphatic carbocycles. The molecule has 0 amide bonds. The molecule has 0 radical (unpaired) electrons. The third-order valence-corrected chi connectivity index (χ3v) is 11.6. The van der Waals surface area contributed by atoms with Crippen molar-refractivity contribution in [2.45, 2.75) is 123 Å². The molecule has 210 valence electrons. The summed E-state index contributed by atoms with van der Waals surface area (Å²) in [6, 6.07) is 0. The van der Waals surface area contributed by atoms with Gasteiger partial charge in [0.15, 0.2) is 5.78 Å². The largest absolute Gasteiger partial charge is 0.461 e. The summed E-state index contributed by atoms with van der Waals surface area (Å²) in [4.78, 5) is 24.5. The van der Waals surface area contributed by atoms with Gasteiger partial charge in [0.1, 0.15) is 6.10 Å². The van der Waals surface area contributed by atoms with Gasteiger partial charge in [0, 0.05) is 25.2 Å². The number of aliphatic hydroxyl groups is 4. The SMILES string of the molecule is CC(=O)OC1CC(=O)C=C2CC(O)C3C4CCC(C(C)C(O)CC(C)(O)C(C)(C)O)C4(C)CCC3C21C. The van der Waals surface area contributed by atoms with Crippen LogP contribution >= 0.6 is 0 Å². The predicted octanol–water partition coefficient (Wildman–Crippen LogP) is 3.56. The van der Waals surface area contributed by atoms with Crippen LogP contribution < -0.4 is 0 Å². The van der Waals surface area contributed by atoms with Crippen LogP contribution in [0.5, 0.6) is 0 Å². The highest BCUT2D eigenvalue weighted by molar-refractivity contribution is 5.92. The molecule has 0 heterocycles. The summed E-state index contributed by atoms with van der Waals surface area (Å²) in [7, 11) is 0. The van der Waals surface area contributed by atoms with Gasteiger partial charge in [0.25, 0.3) is 0 Å². The van der Waals surface area contributed by atoms with Crippen molar-refractivity contribution in [3.8, 4) is 0 Å². The lowest BCUT2D eigenvalue weighted by Crippen LogP contribution is -2.60. The number of esters is 1. The van der Waals surface area contributed by atoms with Crippen LogP contribution in [0.2, 0.25) is 0 Å². The molecule has 3 fully saturated rings. The maximum atomic E-state index is 12.5. The fraction of sp³-hybridized carbons (Fsp3) is 0.867. The quantitative estimate of drug-likeness (QED) is 0.395. The van der Waals surface area contributed by atoms with E-state index in [2.05, 4.69) is 20.8 Å². The van der Waals surface area contributed by atoms with E-state index in [0.29, 0.717) is 6.42 Å². The predicted molar refractivity (Wildman–Crippen MR) is 139 cm³/mol. The Morgan fingerprint density at radius 1 is 1.14 bits per heavy atom. The lowest BCUT2D eigenvalue weighted by atomic mass is 9.45. The van der Waals surface area contributed by atoms with E-state index < -0.39 is 34.9 Å². The fourth-order valence-electron chi connectivity index (χ4n) is 8.94. The molecule has 0 aromatic rings. The summed E-state index contributed by atoms with van der Waals surface area (Å²) in [5.74, 6) is 0.108. The molecule has 0 saturated heterocycles. The van der Waals surface area contributed by atoms with Crippen molar-refractivity contribution in [2.75, 3.05) is 0 Å². The highest BCUT2D eigenvalue weighted by atomic mass is 16.5. The van der Waals surface area contributed by atoms with Crippen molar-refractivity contribution < 1.29 is 34.8 Å². The van der Waals surface area contributed by atoms with Crippen molar-refractivity contribution in [3.05, 3.63) is 11.6 Å². The molecule has 0 aromatic heterocycles. The van der Waals surface area contributed by atoms with E-state index >= 15 is 0 Å². The third-order valence-electron chi connectivity index (χ3n) is 11.6. The van der Waals surface area contributed by atoms with E-state index in [4.69, 9.17) is 4.74 Å². The topological polar surface area (TPSA) is 124 Å². The molecule has 0 aliphatic heterocycles. The molecule has 11 atom stereocenters. The minimum Gasteiger partial charge on any atom is -0.461 e. The van der Waals surface area contributed by atoms with Gasteiger partial charge in [-0.25, -0.2) is 0 Å². The van der Waals surface area contributed by atoms with Crippen LogP contribution in [0.4, 0.5) is 0 Å². The second-order valence-electron chi connectivity index (χ2n) is 14.0. The Kier molecular flexibility index (Phi) is 7.32. The van der Waals surface area contributed by atoms with Crippen LogP contribution in [-0.2, 0) is 14.3 Å². The lowest BCUT2D eigenvalue weighted by molar-refractivity contribution is -0.173. The summed E-state index contributed by atoms with van der Waals surface area (Å²) in [6.45, 7) is 12.6. The third kappa shape index (κ3) is 4.62. The number of hydrogen-bond acceptors (Lipinski definition) is 7. The zero-order chi connectivity index (χ0) is 27.7. The fourth-order valence-corrected chi connectivity index (χ4v) is 8.94. The number of aliphatic hydroxyl groups excluding tert-OH is 2. The number of fused-ring (bicyclic) bond motifs is 5. The van der Waals surface area contributed by atoms with Gasteiger partial charge >= 0.3 is 5.97 Å². The summed E-state index contributed by atoms with van der Waals surface area (Å²) in [6.07, 6.45) is 4.23. The van der Waals surface area contributed by atoms with Crippen LogP contribution in [0.15, 0.2) is 11.6 Å². The number of hydrogen-bond donors (Lipinski definition) is 4. The molecule has 11 unspecified atom stereocenters. The van der Waals surface area contributed by atoms with Gasteiger partial charge < -0.3 is 25.2 Å². The molecule has 0 spiro atoms. The molecule has 4 aliphatic rings. The molecule has 4 N–H and O–H groups in total. The Morgan fingerprint density at radius 2 is 1.78 bits per heavy atom. The van der Waals surface area contributed by atoms with Gasteiger partial charge in [-0.15, -0.1) is 0 Å². The van der Waals surface area contributed by atoms with Crippen LogP contribution in [0, 0.1) is 40.4 Å². The molecular weight excluding hydrogens is 472 g/mol. The standard InChI is InChI=1S/C30H48O7/c1-16(24(34)15-29(6,36)27(3,4)35)20-8-9-21-26-22(10-11-28(20,21)5)30(7)18(13-23(26)33)12-19(32)14-25(30)37-17(2)31/h12,16,20-26,33-36H,8-11,13-15H2,1-7H3. The Morgan fingerprint density at radius 3 is 2.38 bits per heavy atom. The molecule has 0 bridgehead atoms. The van der Waals surface area contributed by atoms with Gasteiger partial charge in [-0.2, -0.15) is 0 Å². The van der Waals surface area contributed by atoms with E-state index in [1.54, 1.807) is 26.8 Å². The van der Waals surface area contributed by atoms with Crippen LogP contribution in [0.25, 0.3) is 0 Å². The normalized spacial score (nSPS) is 43.0. The molecule has 7 heteroatoms. The first-order chi connectivity index (χ1) is 16.9. The molecule has 3 saturated carbocycles. The minimum absolute atomic E-state index is 0.0287. The van der Waals surface area contributed by atoms with E-state index in [1.165, 1.54) is 6.92 Å². The van der Waals surface area contributed by atoms with Crippen LogP contribution in [0.1, 0.15) is 93.4 Å². The Balaban J connectivity index is 1.61. The number of carbonyl (C=O) groups is 2. The van der Waals surface area contributed by atoms with E-state index in [0.717, 1.165) is 31.3 Å². The first kappa shape index (κ1) is 28.7. The summed E-state index contributed by atoms with van der Waals surface area (Å²) in [5, 5.41) is 43.9. The second kappa shape index (κ2) is 9.42. The Hall–Kier alpha value is -1.28.